The summed E-state index contributed by atoms with van der Waals surface area (Å²) in [6.07, 6.45) is 0. The zero-order valence-corrected chi connectivity index (χ0v) is 14.2. The molecule has 0 saturated carbocycles. The smallest absolute Gasteiger partial charge is 0.354 e. The van der Waals surface area contributed by atoms with Gasteiger partial charge in [0.05, 0.1) is 17.6 Å². The van der Waals surface area contributed by atoms with Crippen LogP contribution in [0.1, 0.15) is 16.2 Å². The molecule has 0 spiro atoms. The van der Waals surface area contributed by atoms with E-state index in [0.717, 1.165) is 6.07 Å². The number of carbonyl (C=O) groups is 2. The number of ether oxygens (including phenoxy) is 1. The lowest BCUT2D eigenvalue weighted by Gasteiger charge is -2.10. The van der Waals surface area contributed by atoms with E-state index in [-0.39, 0.29) is 17.3 Å². The number of furan rings is 1. The molecule has 8 heteroatoms. The lowest BCUT2D eigenvalue weighted by Crippen LogP contribution is -2.21. The van der Waals surface area contributed by atoms with Crippen LogP contribution < -0.4 is 5.32 Å². The maximum Gasteiger partial charge on any atom is 0.354 e. The van der Waals surface area contributed by atoms with Crippen LogP contribution in [-0.4, -0.2) is 23.6 Å². The van der Waals surface area contributed by atoms with Gasteiger partial charge in [0.2, 0.25) is 5.91 Å². The van der Waals surface area contributed by atoms with Gasteiger partial charge in [0.1, 0.15) is 23.8 Å². The average molecular weight is 365 g/mol. The van der Waals surface area contributed by atoms with E-state index in [1.807, 2.05) is 0 Å². The van der Waals surface area contributed by atoms with Crippen molar-refractivity contribution in [2.75, 3.05) is 12.4 Å². The minimum Gasteiger partial charge on any atom is -0.464 e. The van der Waals surface area contributed by atoms with Crippen LogP contribution in [0, 0.1) is 12.7 Å². The number of nitrogens with one attached hydrogen (secondary N) is 1. The molecule has 3 rings (SSSR count). The van der Waals surface area contributed by atoms with E-state index in [9.17, 15) is 14.0 Å². The van der Waals surface area contributed by atoms with Gasteiger partial charge in [0, 0.05) is 17.8 Å². The first-order valence-corrected chi connectivity index (χ1v) is 7.69. The highest BCUT2D eigenvalue weighted by Gasteiger charge is 2.20. The minimum absolute atomic E-state index is 0.0955. The van der Waals surface area contributed by atoms with Crippen molar-refractivity contribution < 1.29 is 23.1 Å². The maximum absolute atomic E-state index is 13.2. The van der Waals surface area contributed by atoms with Crippen LogP contribution in [0.3, 0.4) is 0 Å². The SMILES string of the molecule is COC(=O)c1cc2oc(C)cc2n1CC(=O)Nc1ccc(F)c(Cl)c1. The van der Waals surface area contributed by atoms with Crippen LogP contribution in [0.25, 0.3) is 11.1 Å². The second kappa shape index (κ2) is 6.60. The highest BCUT2D eigenvalue weighted by Crippen LogP contribution is 2.25. The highest BCUT2D eigenvalue weighted by molar-refractivity contribution is 6.31. The van der Waals surface area contributed by atoms with E-state index in [1.165, 1.54) is 29.9 Å². The third kappa shape index (κ3) is 3.36. The Hall–Kier alpha value is -2.80. The largest absolute Gasteiger partial charge is 0.464 e. The summed E-state index contributed by atoms with van der Waals surface area (Å²) in [5.74, 6) is -0.916. The molecule has 2 aromatic heterocycles. The molecule has 3 aromatic rings. The van der Waals surface area contributed by atoms with E-state index in [2.05, 4.69) is 5.32 Å². The minimum atomic E-state index is -0.582. The Labute approximate surface area is 147 Å². The maximum atomic E-state index is 13.2. The molecule has 6 nitrogen and oxygen atoms in total. The number of hydrogen-bond acceptors (Lipinski definition) is 4. The first-order valence-electron chi connectivity index (χ1n) is 7.32. The molecule has 0 aliphatic carbocycles. The summed E-state index contributed by atoms with van der Waals surface area (Å²) in [6.45, 7) is 1.62. The van der Waals surface area contributed by atoms with E-state index in [1.54, 1.807) is 13.0 Å². The number of halogens is 2. The molecular weight excluding hydrogens is 351 g/mol. The van der Waals surface area contributed by atoms with Crippen molar-refractivity contribution in [3.8, 4) is 0 Å². The molecule has 0 atom stereocenters. The molecule has 1 N–H and O–H groups in total. The molecule has 1 aromatic carbocycles. The molecule has 0 aliphatic rings. The number of amides is 1. The number of carbonyl (C=O) groups excluding carboxylic acids is 2. The fourth-order valence-corrected chi connectivity index (χ4v) is 2.71. The number of fused-ring (bicyclic) bond motifs is 1. The molecule has 0 aliphatic heterocycles. The second-order valence-electron chi connectivity index (χ2n) is 5.39. The van der Waals surface area contributed by atoms with Gasteiger partial charge in [-0.05, 0) is 25.1 Å². The molecule has 2 heterocycles. The van der Waals surface area contributed by atoms with Gasteiger partial charge in [-0.25, -0.2) is 9.18 Å². The highest BCUT2D eigenvalue weighted by atomic mass is 35.5. The van der Waals surface area contributed by atoms with Gasteiger partial charge >= 0.3 is 5.97 Å². The summed E-state index contributed by atoms with van der Waals surface area (Å²) in [5, 5.41) is 2.51. The van der Waals surface area contributed by atoms with Gasteiger partial charge in [-0.1, -0.05) is 11.6 Å². The van der Waals surface area contributed by atoms with Crippen molar-refractivity contribution in [2.24, 2.45) is 0 Å². The lowest BCUT2D eigenvalue weighted by molar-refractivity contribution is -0.116. The van der Waals surface area contributed by atoms with Gasteiger partial charge < -0.3 is 19.0 Å². The number of hydrogen-bond donors (Lipinski definition) is 1. The fourth-order valence-electron chi connectivity index (χ4n) is 2.53. The molecule has 130 valence electrons. The van der Waals surface area contributed by atoms with Crippen LogP contribution in [0.15, 0.2) is 34.7 Å². The number of anilines is 1. The van der Waals surface area contributed by atoms with Gasteiger partial charge in [-0.15, -0.1) is 0 Å². The molecule has 0 fully saturated rings. The summed E-state index contributed by atoms with van der Waals surface area (Å²) < 4.78 is 24.9. The van der Waals surface area contributed by atoms with Crippen molar-refractivity contribution in [1.82, 2.24) is 4.57 Å². The average Bonchev–Trinajstić information content (AvgIpc) is 3.07. The monoisotopic (exact) mass is 364 g/mol. The van der Waals surface area contributed by atoms with Crippen molar-refractivity contribution >= 4 is 40.3 Å². The van der Waals surface area contributed by atoms with E-state index >= 15 is 0 Å². The number of esters is 1. The van der Waals surface area contributed by atoms with E-state index in [4.69, 9.17) is 20.8 Å². The Kier molecular flexibility index (Phi) is 4.50. The summed E-state index contributed by atoms with van der Waals surface area (Å²) in [4.78, 5) is 24.3. The van der Waals surface area contributed by atoms with Crippen LogP contribution in [0.2, 0.25) is 5.02 Å². The number of benzene rings is 1. The van der Waals surface area contributed by atoms with Gasteiger partial charge in [-0.2, -0.15) is 0 Å². The molecular formula is C17H14ClFN2O4. The molecule has 0 bridgehead atoms. The first-order chi connectivity index (χ1) is 11.9. The van der Waals surface area contributed by atoms with Crippen LogP contribution in [-0.2, 0) is 16.1 Å². The normalized spacial score (nSPS) is 10.9. The summed E-state index contributed by atoms with van der Waals surface area (Å²) in [6, 6.07) is 7.11. The van der Waals surface area contributed by atoms with E-state index < -0.39 is 17.7 Å². The van der Waals surface area contributed by atoms with Crippen LogP contribution in [0.5, 0.6) is 0 Å². The van der Waals surface area contributed by atoms with Crippen molar-refractivity contribution in [1.29, 1.82) is 0 Å². The molecule has 0 unspecified atom stereocenters. The Morgan fingerprint density at radius 3 is 2.76 bits per heavy atom. The molecule has 1 amide bonds. The quantitative estimate of drug-likeness (QED) is 0.715. The zero-order valence-electron chi connectivity index (χ0n) is 13.4. The fraction of sp³-hybridized carbons (Fsp3) is 0.176. The Morgan fingerprint density at radius 1 is 1.32 bits per heavy atom. The number of methoxy groups -OCH3 is 1. The molecule has 0 saturated heterocycles. The first kappa shape index (κ1) is 17.0. The van der Waals surface area contributed by atoms with Crippen molar-refractivity contribution in [3.05, 3.63) is 52.6 Å². The summed E-state index contributed by atoms with van der Waals surface area (Å²) in [7, 11) is 1.26. The van der Waals surface area contributed by atoms with Crippen molar-refractivity contribution in [2.45, 2.75) is 13.5 Å². The predicted octanol–water partition coefficient (Wildman–Crippen LogP) is 3.76. The van der Waals surface area contributed by atoms with Crippen molar-refractivity contribution in [3.63, 3.8) is 0 Å². The standard InChI is InChI=1S/C17H14ClFN2O4/c1-9-5-13-15(25-9)7-14(17(23)24-2)21(13)8-16(22)20-10-3-4-12(19)11(18)6-10/h3-7H,8H2,1-2H3,(H,20,22). The Bertz CT molecular complexity index is 977. The summed E-state index contributed by atoms with van der Waals surface area (Å²) >= 11 is 5.70. The van der Waals surface area contributed by atoms with Gasteiger partial charge in [0.15, 0.2) is 5.58 Å². The van der Waals surface area contributed by atoms with E-state index in [0.29, 0.717) is 22.5 Å². The topological polar surface area (TPSA) is 73.5 Å². The number of aryl methyl sites for hydroxylation is 1. The zero-order chi connectivity index (χ0) is 18.1. The second-order valence-corrected chi connectivity index (χ2v) is 5.80. The van der Waals surface area contributed by atoms with Gasteiger partial charge in [-0.3, -0.25) is 4.79 Å². The third-order valence-corrected chi connectivity index (χ3v) is 3.90. The third-order valence-electron chi connectivity index (χ3n) is 3.61. The molecule has 0 radical (unpaired) electrons. The predicted molar refractivity (Wildman–Crippen MR) is 90.3 cm³/mol. The Morgan fingerprint density at radius 2 is 2.08 bits per heavy atom. The lowest BCUT2D eigenvalue weighted by atomic mass is 10.3. The van der Waals surface area contributed by atoms with Gasteiger partial charge in [0.25, 0.3) is 0 Å². The Balaban J connectivity index is 1.89. The van der Waals surface area contributed by atoms with Crippen LogP contribution in [0.4, 0.5) is 10.1 Å². The molecule has 25 heavy (non-hydrogen) atoms. The number of aromatic nitrogens is 1. The number of rotatable bonds is 4. The summed E-state index contributed by atoms with van der Waals surface area (Å²) in [5.41, 5.74) is 1.63. The number of nitrogens with zero attached hydrogens (tertiary/aromatic N) is 1. The van der Waals surface area contributed by atoms with Crippen LogP contribution >= 0.6 is 11.6 Å².